The van der Waals surface area contributed by atoms with E-state index < -0.39 is 17.8 Å². The largest absolute Gasteiger partial charge is 0.274 e. The van der Waals surface area contributed by atoms with Gasteiger partial charge in [0, 0.05) is 13.1 Å². The highest BCUT2D eigenvalue weighted by molar-refractivity contribution is 6.31. The minimum atomic E-state index is -0.644. The van der Waals surface area contributed by atoms with Crippen molar-refractivity contribution < 1.29 is 14.0 Å². The Morgan fingerprint density at radius 1 is 0.926 bits per heavy atom. The highest BCUT2D eigenvalue weighted by atomic mass is 35.5. The van der Waals surface area contributed by atoms with E-state index in [0.717, 1.165) is 36.0 Å². The summed E-state index contributed by atoms with van der Waals surface area (Å²) in [5.41, 5.74) is 1.25. The van der Waals surface area contributed by atoms with E-state index in [9.17, 15) is 14.0 Å². The van der Waals surface area contributed by atoms with E-state index in [1.807, 2.05) is 35.3 Å². The molecule has 2 aromatic carbocycles. The van der Waals surface area contributed by atoms with Gasteiger partial charge < -0.3 is 0 Å². The maximum Gasteiger partial charge on any atom is 0.253 e. The molecule has 3 saturated heterocycles. The zero-order valence-electron chi connectivity index (χ0n) is 14.4. The third-order valence-electron chi connectivity index (χ3n) is 5.71. The molecule has 3 atom stereocenters. The number of imide groups is 1. The molecule has 3 heterocycles. The van der Waals surface area contributed by atoms with Crippen molar-refractivity contribution in [2.75, 3.05) is 18.0 Å². The van der Waals surface area contributed by atoms with Gasteiger partial charge in [-0.2, -0.15) is 0 Å². The van der Waals surface area contributed by atoms with E-state index in [2.05, 4.69) is 5.01 Å². The van der Waals surface area contributed by atoms with Gasteiger partial charge in [-0.15, -0.1) is 0 Å². The molecule has 27 heavy (non-hydrogen) atoms. The fourth-order valence-electron chi connectivity index (χ4n) is 4.64. The van der Waals surface area contributed by atoms with Crippen molar-refractivity contribution in [1.82, 2.24) is 10.0 Å². The van der Waals surface area contributed by atoms with Crippen LogP contribution in [0.5, 0.6) is 0 Å². The van der Waals surface area contributed by atoms with Crippen LogP contribution < -0.4 is 4.90 Å². The van der Waals surface area contributed by atoms with Gasteiger partial charge >= 0.3 is 0 Å². The van der Waals surface area contributed by atoms with Crippen LogP contribution in [0.4, 0.5) is 10.1 Å². The monoisotopic (exact) mass is 385 g/mol. The van der Waals surface area contributed by atoms with Gasteiger partial charge in [-0.05, 0) is 30.2 Å². The van der Waals surface area contributed by atoms with Gasteiger partial charge in [0.1, 0.15) is 11.9 Å². The fraction of sp³-hybridized carbons (Fsp3) is 0.300. The van der Waals surface area contributed by atoms with E-state index in [1.165, 1.54) is 12.1 Å². The van der Waals surface area contributed by atoms with Crippen LogP contribution in [0.3, 0.4) is 0 Å². The van der Waals surface area contributed by atoms with Crippen LogP contribution in [0.2, 0.25) is 5.02 Å². The minimum Gasteiger partial charge on any atom is -0.274 e. The lowest BCUT2D eigenvalue weighted by Crippen LogP contribution is -2.44. The first-order chi connectivity index (χ1) is 13.1. The number of hydrogen-bond acceptors (Lipinski definition) is 4. The van der Waals surface area contributed by atoms with E-state index >= 15 is 0 Å². The molecular formula is C20H17ClFN3O2. The number of nitrogens with zero attached hydrogens (tertiary/aromatic N) is 3. The van der Waals surface area contributed by atoms with E-state index in [1.54, 1.807) is 0 Å². The summed E-state index contributed by atoms with van der Waals surface area (Å²) in [6.45, 7) is 1.56. The van der Waals surface area contributed by atoms with Crippen molar-refractivity contribution in [1.29, 1.82) is 0 Å². The number of hydrogen-bond donors (Lipinski definition) is 0. The normalized spacial score (nSPS) is 28.1. The lowest BCUT2D eigenvalue weighted by atomic mass is 9.90. The minimum absolute atomic E-state index is 0.0362. The Morgan fingerprint density at radius 2 is 1.63 bits per heavy atom. The molecule has 0 radical (unpaired) electrons. The average Bonchev–Trinajstić information content (AvgIpc) is 3.31. The molecule has 5 rings (SSSR count). The van der Waals surface area contributed by atoms with Crippen molar-refractivity contribution >= 4 is 29.1 Å². The first-order valence-corrected chi connectivity index (χ1v) is 9.37. The zero-order chi connectivity index (χ0) is 18.7. The Labute approximate surface area is 160 Å². The van der Waals surface area contributed by atoms with E-state index in [-0.39, 0.29) is 28.6 Å². The first-order valence-electron chi connectivity index (χ1n) is 8.99. The maximum atomic E-state index is 13.9. The van der Waals surface area contributed by atoms with Crippen molar-refractivity contribution in [2.24, 2.45) is 5.92 Å². The summed E-state index contributed by atoms with van der Waals surface area (Å²) in [6, 6.07) is 13.1. The summed E-state index contributed by atoms with van der Waals surface area (Å²) >= 11 is 5.75. The molecule has 0 aliphatic carbocycles. The van der Waals surface area contributed by atoms with Crippen LogP contribution >= 0.6 is 11.6 Å². The number of anilines is 1. The molecule has 0 unspecified atom stereocenters. The van der Waals surface area contributed by atoms with Crippen LogP contribution in [0, 0.1) is 11.7 Å². The third kappa shape index (κ3) is 2.37. The summed E-state index contributed by atoms with van der Waals surface area (Å²) in [6.07, 6.45) is 0.948. The quantitative estimate of drug-likeness (QED) is 0.745. The molecule has 0 saturated carbocycles. The number of halogens is 2. The second-order valence-electron chi connectivity index (χ2n) is 7.12. The molecule has 2 aromatic rings. The van der Waals surface area contributed by atoms with Gasteiger partial charge in [0.05, 0.1) is 22.7 Å². The molecule has 3 fully saturated rings. The lowest BCUT2D eigenvalue weighted by Gasteiger charge is -2.29. The van der Waals surface area contributed by atoms with Crippen molar-refractivity contribution in [2.45, 2.75) is 18.5 Å². The number of rotatable bonds is 2. The molecule has 3 aliphatic heterocycles. The molecule has 138 valence electrons. The smallest absolute Gasteiger partial charge is 0.253 e. The summed E-state index contributed by atoms with van der Waals surface area (Å²) in [5, 5.41) is 4.14. The number of benzene rings is 2. The molecule has 0 bridgehead atoms. The number of carbonyl (C=O) groups is 2. The molecule has 0 spiro atoms. The SMILES string of the molecule is O=C1[C@H]2[C@@H](C(=O)N1c1ccc(Cl)c(F)c1)N1CCCN1[C@@H]2c1ccccc1. The summed E-state index contributed by atoms with van der Waals surface area (Å²) in [5.74, 6) is -1.72. The van der Waals surface area contributed by atoms with Gasteiger partial charge in [-0.3, -0.25) is 9.59 Å². The summed E-state index contributed by atoms with van der Waals surface area (Å²) in [7, 11) is 0. The Balaban J connectivity index is 1.59. The molecule has 0 aromatic heterocycles. The van der Waals surface area contributed by atoms with Gasteiger partial charge in [0.25, 0.3) is 5.91 Å². The second-order valence-corrected chi connectivity index (χ2v) is 7.52. The molecule has 3 aliphatic rings. The third-order valence-corrected chi connectivity index (χ3v) is 6.01. The number of hydrazine groups is 1. The maximum absolute atomic E-state index is 13.9. The van der Waals surface area contributed by atoms with Crippen LogP contribution in [-0.2, 0) is 9.59 Å². The predicted molar refractivity (Wildman–Crippen MR) is 98.4 cm³/mol. The molecule has 2 amide bonds. The lowest BCUT2D eigenvalue weighted by molar-refractivity contribution is -0.126. The standard InChI is InChI=1S/C20H17ClFN3O2/c21-14-8-7-13(11-15(14)22)25-19(26)16-17(12-5-2-1-3-6-12)23-9-4-10-24(23)18(16)20(25)27/h1-3,5-8,11,16-18H,4,9-10H2/t16-,17-,18+/m1/s1. The van der Waals surface area contributed by atoms with Gasteiger partial charge in [-0.1, -0.05) is 41.9 Å². The molecule has 7 heteroatoms. The van der Waals surface area contributed by atoms with E-state index in [4.69, 9.17) is 11.6 Å². The average molecular weight is 386 g/mol. The topological polar surface area (TPSA) is 43.9 Å². The summed E-state index contributed by atoms with van der Waals surface area (Å²) in [4.78, 5) is 27.6. The highest BCUT2D eigenvalue weighted by Crippen LogP contribution is 2.48. The Hall–Kier alpha value is -2.28. The Bertz CT molecular complexity index is 938. The summed E-state index contributed by atoms with van der Waals surface area (Å²) < 4.78 is 13.9. The van der Waals surface area contributed by atoms with Gasteiger partial charge in [-0.25, -0.2) is 19.3 Å². The van der Waals surface area contributed by atoms with Gasteiger partial charge in [0.2, 0.25) is 5.91 Å². The van der Waals surface area contributed by atoms with Crippen LogP contribution in [0.1, 0.15) is 18.0 Å². The second kappa shape index (κ2) is 6.12. The van der Waals surface area contributed by atoms with E-state index in [0.29, 0.717) is 0 Å². The molecule has 0 N–H and O–H groups in total. The van der Waals surface area contributed by atoms with Crippen LogP contribution in [-0.4, -0.2) is 41.0 Å². The number of carbonyl (C=O) groups excluding carboxylic acids is 2. The van der Waals surface area contributed by atoms with Crippen LogP contribution in [0.25, 0.3) is 0 Å². The molecule has 5 nitrogen and oxygen atoms in total. The Morgan fingerprint density at radius 3 is 2.33 bits per heavy atom. The van der Waals surface area contributed by atoms with Crippen molar-refractivity contribution in [3.8, 4) is 0 Å². The zero-order valence-corrected chi connectivity index (χ0v) is 15.1. The van der Waals surface area contributed by atoms with Crippen molar-refractivity contribution in [3.05, 3.63) is 64.9 Å². The van der Waals surface area contributed by atoms with Gasteiger partial charge in [0.15, 0.2) is 0 Å². The highest BCUT2D eigenvalue weighted by Gasteiger charge is 2.62. The fourth-order valence-corrected chi connectivity index (χ4v) is 4.76. The molecular weight excluding hydrogens is 369 g/mol. The predicted octanol–water partition coefficient (Wildman–Crippen LogP) is 3.01. The number of fused-ring (bicyclic) bond motifs is 3. The van der Waals surface area contributed by atoms with Crippen molar-refractivity contribution in [3.63, 3.8) is 0 Å². The first kappa shape index (κ1) is 16.9. The van der Waals surface area contributed by atoms with Crippen LogP contribution in [0.15, 0.2) is 48.5 Å². The Kier molecular flexibility index (Phi) is 3.82. The number of amides is 2.